The first kappa shape index (κ1) is 12.1. The standard InChI is InChI=1S/C12H10BrClOS/c1-2-8(13)12(15)11-6-7-9(14)4-3-5-10(7)16-11/h3-6,8H,2H2,1H3. The zero-order valence-corrected chi connectivity index (χ0v) is 11.8. The van der Waals surface area contributed by atoms with Crippen LogP contribution in [0.4, 0.5) is 0 Å². The molecule has 0 aliphatic carbocycles. The number of ketones is 1. The van der Waals surface area contributed by atoms with Crippen molar-refractivity contribution in [1.29, 1.82) is 0 Å². The van der Waals surface area contributed by atoms with Gasteiger partial charge in [0.05, 0.1) is 9.70 Å². The van der Waals surface area contributed by atoms with Gasteiger partial charge in [0.15, 0.2) is 5.78 Å². The summed E-state index contributed by atoms with van der Waals surface area (Å²) >= 11 is 11.0. The Morgan fingerprint density at radius 2 is 2.31 bits per heavy atom. The van der Waals surface area contributed by atoms with E-state index in [2.05, 4.69) is 15.9 Å². The van der Waals surface area contributed by atoms with Crippen LogP contribution in [0, 0.1) is 0 Å². The van der Waals surface area contributed by atoms with E-state index in [1.54, 1.807) is 0 Å². The summed E-state index contributed by atoms with van der Waals surface area (Å²) in [6.07, 6.45) is 0.792. The Hall–Kier alpha value is -0.380. The van der Waals surface area contributed by atoms with E-state index in [1.807, 2.05) is 31.2 Å². The van der Waals surface area contributed by atoms with Gasteiger partial charge in [-0.3, -0.25) is 4.79 Å². The Kier molecular flexibility index (Phi) is 3.67. The van der Waals surface area contributed by atoms with E-state index in [0.29, 0.717) is 5.02 Å². The van der Waals surface area contributed by atoms with Gasteiger partial charge in [-0.1, -0.05) is 40.5 Å². The summed E-state index contributed by atoms with van der Waals surface area (Å²) in [5, 5.41) is 1.67. The summed E-state index contributed by atoms with van der Waals surface area (Å²) in [4.78, 5) is 12.6. The summed E-state index contributed by atoms with van der Waals surface area (Å²) < 4.78 is 1.06. The first-order chi connectivity index (χ1) is 7.63. The summed E-state index contributed by atoms with van der Waals surface area (Å²) in [5.41, 5.74) is 0. The zero-order chi connectivity index (χ0) is 11.7. The van der Waals surface area contributed by atoms with Crippen LogP contribution in [-0.4, -0.2) is 10.6 Å². The van der Waals surface area contributed by atoms with Crippen LogP contribution in [-0.2, 0) is 0 Å². The summed E-state index contributed by atoms with van der Waals surface area (Å²) in [5.74, 6) is 0.139. The van der Waals surface area contributed by atoms with Crippen molar-refractivity contribution in [3.63, 3.8) is 0 Å². The summed E-state index contributed by atoms with van der Waals surface area (Å²) in [6, 6.07) is 7.61. The van der Waals surface area contributed by atoms with Gasteiger partial charge in [-0.2, -0.15) is 0 Å². The van der Waals surface area contributed by atoms with E-state index in [1.165, 1.54) is 11.3 Å². The fourth-order valence-electron chi connectivity index (χ4n) is 1.49. The lowest BCUT2D eigenvalue weighted by atomic mass is 10.2. The first-order valence-corrected chi connectivity index (χ1v) is 7.11. The van der Waals surface area contributed by atoms with Gasteiger partial charge in [-0.25, -0.2) is 0 Å². The van der Waals surface area contributed by atoms with Crippen LogP contribution in [0.25, 0.3) is 10.1 Å². The first-order valence-electron chi connectivity index (χ1n) is 4.99. The molecule has 0 saturated carbocycles. The maximum Gasteiger partial charge on any atom is 0.186 e. The van der Waals surface area contributed by atoms with E-state index in [-0.39, 0.29) is 10.6 Å². The quantitative estimate of drug-likeness (QED) is 0.580. The highest BCUT2D eigenvalue weighted by molar-refractivity contribution is 9.10. The predicted octanol–water partition coefficient (Wildman–Crippen LogP) is 4.91. The lowest BCUT2D eigenvalue weighted by Crippen LogP contribution is -2.10. The van der Waals surface area contributed by atoms with Crippen LogP contribution in [0.2, 0.25) is 5.02 Å². The van der Waals surface area contributed by atoms with Crippen molar-refractivity contribution in [2.24, 2.45) is 0 Å². The Bertz CT molecular complexity index is 535. The fraction of sp³-hybridized carbons (Fsp3) is 0.250. The number of rotatable bonds is 3. The van der Waals surface area contributed by atoms with E-state index >= 15 is 0 Å². The molecule has 4 heteroatoms. The molecule has 1 unspecified atom stereocenters. The number of hydrogen-bond acceptors (Lipinski definition) is 2. The predicted molar refractivity (Wildman–Crippen MR) is 74.2 cm³/mol. The highest BCUT2D eigenvalue weighted by atomic mass is 79.9. The second kappa shape index (κ2) is 4.86. The van der Waals surface area contributed by atoms with Crippen molar-refractivity contribution in [3.05, 3.63) is 34.2 Å². The second-order valence-corrected chi connectivity index (χ2v) is 6.10. The zero-order valence-electron chi connectivity index (χ0n) is 8.67. The molecular weight excluding hydrogens is 308 g/mol. The molecule has 2 rings (SSSR count). The molecule has 0 fully saturated rings. The van der Waals surface area contributed by atoms with Gasteiger partial charge in [0.1, 0.15) is 0 Å². The van der Waals surface area contributed by atoms with E-state index < -0.39 is 0 Å². The number of carbonyl (C=O) groups is 1. The smallest absolute Gasteiger partial charge is 0.186 e. The molecule has 16 heavy (non-hydrogen) atoms. The minimum absolute atomic E-state index is 0.0978. The molecule has 0 saturated heterocycles. The molecule has 2 aromatic rings. The molecule has 0 radical (unpaired) electrons. The summed E-state index contributed by atoms with van der Waals surface area (Å²) in [6.45, 7) is 1.98. The third kappa shape index (κ3) is 2.17. The molecule has 0 bridgehead atoms. The van der Waals surface area contributed by atoms with Crippen molar-refractivity contribution >= 4 is 54.7 Å². The van der Waals surface area contributed by atoms with Crippen molar-refractivity contribution in [2.45, 2.75) is 18.2 Å². The molecule has 1 aromatic heterocycles. The number of carbonyl (C=O) groups excluding carboxylic acids is 1. The van der Waals surface area contributed by atoms with Crippen LogP contribution < -0.4 is 0 Å². The van der Waals surface area contributed by atoms with Crippen LogP contribution >= 0.6 is 38.9 Å². The Morgan fingerprint density at radius 3 is 2.94 bits per heavy atom. The third-order valence-corrected chi connectivity index (χ3v) is 4.90. The molecule has 0 N–H and O–H groups in total. The van der Waals surface area contributed by atoms with Gasteiger partial charge < -0.3 is 0 Å². The maximum absolute atomic E-state index is 12.0. The number of thiophene rings is 1. The van der Waals surface area contributed by atoms with Crippen LogP contribution in [0.5, 0.6) is 0 Å². The topological polar surface area (TPSA) is 17.1 Å². The highest BCUT2D eigenvalue weighted by Crippen LogP contribution is 2.32. The number of benzene rings is 1. The van der Waals surface area contributed by atoms with Crippen molar-refractivity contribution in [2.75, 3.05) is 0 Å². The Balaban J connectivity index is 2.48. The van der Waals surface area contributed by atoms with Crippen molar-refractivity contribution < 1.29 is 4.79 Å². The van der Waals surface area contributed by atoms with Gasteiger partial charge in [0.2, 0.25) is 0 Å². The average molecular weight is 318 g/mol. The van der Waals surface area contributed by atoms with Gasteiger partial charge in [-0.05, 0) is 24.6 Å². The Morgan fingerprint density at radius 1 is 1.56 bits per heavy atom. The normalized spacial score (nSPS) is 12.9. The molecule has 1 nitrogen and oxygen atoms in total. The minimum atomic E-state index is -0.0978. The van der Waals surface area contributed by atoms with Crippen LogP contribution in [0.1, 0.15) is 23.0 Å². The third-order valence-electron chi connectivity index (χ3n) is 2.39. The number of halogens is 2. The Labute approximate surface area is 112 Å². The largest absolute Gasteiger partial charge is 0.292 e. The molecule has 1 heterocycles. The number of hydrogen-bond donors (Lipinski definition) is 0. The van der Waals surface area contributed by atoms with Gasteiger partial charge in [0.25, 0.3) is 0 Å². The van der Waals surface area contributed by atoms with E-state index in [4.69, 9.17) is 11.6 Å². The van der Waals surface area contributed by atoms with E-state index in [9.17, 15) is 4.79 Å². The number of Topliss-reactive ketones (excluding diaryl/α,β-unsaturated/α-hetero) is 1. The van der Waals surface area contributed by atoms with Gasteiger partial charge in [0, 0.05) is 15.1 Å². The molecule has 0 aliphatic rings. The monoisotopic (exact) mass is 316 g/mol. The van der Waals surface area contributed by atoms with Crippen LogP contribution in [0.15, 0.2) is 24.3 Å². The van der Waals surface area contributed by atoms with Crippen molar-refractivity contribution in [1.82, 2.24) is 0 Å². The van der Waals surface area contributed by atoms with Gasteiger partial charge in [-0.15, -0.1) is 11.3 Å². The number of alkyl halides is 1. The molecule has 1 atom stereocenters. The van der Waals surface area contributed by atoms with Crippen LogP contribution in [0.3, 0.4) is 0 Å². The molecular formula is C12H10BrClOS. The van der Waals surface area contributed by atoms with E-state index in [0.717, 1.165) is 21.4 Å². The second-order valence-electron chi connectivity index (χ2n) is 3.50. The maximum atomic E-state index is 12.0. The molecule has 0 aliphatic heterocycles. The average Bonchev–Trinajstić information content (AvgIpc) is 2.72. The lowest BCUT2D eigenvalue weighted by Gasteiger charge is -2.01. The highest BCUT2D eigenvalue weighted by Gasteiger charge is 2.17. The lowest BCUT2D eigenvalue weighted by molar-refractivity contribution is 0.0994. The summed E-state index contributed by atoms with van der Waals surface area (Å²) in [7, 11) is 0. The molecule has 1 aromatic carbocycles. The molecule has 0 spiro atoms. The van der Waals surface area contributed by atoms with Crippen molar-refractivity contribution in [3.8, 4) is 0 Å². The fourth-order valence-corrected chi connectivity index (χ4v) is 3.25. The van der Waals surface area contributed by atoms with Gasteiger partial charge >= 0.3 is 0 Å². The molecule has 0 amide bonds. The minimum Gasteiger partial charge on any atom is -0.292 e. The number of fused-ring (bicyclic) bond motifs is 1. The molecule has 84 valence electrons. The SMILES string of the molecule is CCC(Br)C(=O)c1cc2c(Cl)cccc2s1.